The molecule has 0 aliphatic carbocycles. The zero-order valence-corrected chi connectivity index (χ0v) is 17.8. The fraction of sp³-hybridized carbons (Fsp3) is 0.286. The molecule has 3 rings (SSSR count). The number of hydrogen-bond acceptors (Lipinski definition) is 6. The summed E-state index contributed by atoms with van der Waals surface area (Å²) >= 11 is 7.15. The van der Waals surface area contributed by atoms with Crippen LogP contribution in [0.2, 0.25) is 5.02 Å². The van der Waals surface area contributed by atoms with Gasteiger partial charge in [0.2, 0.25) is 11.8 Å². The molecule has 0 unspecified atom stereocenters. The van der Waals surface area contributed by atoms with E-state index in [2.05, 4.69) is 27.6 Å². The van der Waals surface area contributed by atoms with E-state index < -0.39 is 0 Å². The lowest BCUT2D eigenvalue weighted by Gasteiger charge is -2.07. The predicted molar refractivity (Wildman–Crippen MR) is 115 cm³/mol. The molecule has 3 aromatic rings. The minimum atomic E-state index is -0.139. The van der Waals surface area contributed by atoms with Crippen molar-refractivity contribution in [2.24, 2.45) is 0 Å². The zero-order valence-electron chi connectivity index (χ0n) is 16.3. The molecule has 0 fully saturated rings. The van der Waals surface area contributed by atoms with E-state index in [1.54, 1.807) is 25.3 Å². The van der Waals surface area contributed by atoms with Gasteiger partial charge in [0.1, 0.15) is 5.75 Å². The first-order chi connectivity index (χ1) is 14.0. The zero-order chi connectivity index (χ0) is 20.6. The lowest BCUT2D eigenvalue weighted by molar-refractivity contribution is -0.113. The summed E-state index contributed by atoms with van der Waals surface area (Å²) in [5.41, 5.74) is 2.88. The fourth-order valence-electron chi connectivity index (χ4n) is 2.71. The van der Waals surface area contributed by atoms with Gasteiger partial charge in [-0.2, -0.15) is 0 Å². The third kappa shape index (κ3) is 6.51. The number of nitrogens with one attached hydrogen (secondary N) is 1. The quantitative estimate of drug-likeness (QED) is 0.483. The van der Waals surface area contributed by atoms with Crippen LogP contribution in [0.3, 0.4) is 0 Å². The molecule has 0 aliphatic rings. The minimum absolute atomic E-state index is 0.139. The van der Waals surface area contributed by atoms with Gasteiger partial charge in [0, 0.05) is 17.1 Å². The number of methoxy groups -OCH3 is 1. The Morgan fingerprint density at radius 2 is 1.97 bits per heavy atom. The molecular weight excluding hydrogens is 410 g/mol. The molecular formula is C21H22ClN3O3S. The Balaban J connectivity index is 1.41. The van der Waals surface area contributed by atoms with Crippen LogP contribution in [0.4, 0.5) is 5.69 Å². The maximum Gasteiger partial charge on any atom is 0.277 e. The van der Waals surface area contributed by atoms with E-state index in [1.807, 2.05) is 19.1 Å². The van der Waals surface area contributed by atoms with Crippen LogP contribution in [0.15, 0.2) is 52.1 Å². The Hall–Kier alpha value is -2.51. The average molecular weight is 432 g/mol. The molecule has 0 aliphatic heterocycles. The average Bonchev–Trinajstić information content (AvgIpc) is 3.17. The summed E-state index contributed by atoms with van der Waals surface area (Å²) in [5.74, 6) is 1.48. The minimum Gasteiger partial charge on any atom is -0.497 e. The number of carbonyl (C=O) groups is 1. The topological polar surface area (TPSA) is 77.2 Å². The molecule has 152 valence electrons. The molecule has 0 saturated carbocycles. The van der Waals surface area contributed by atoms with Crippen LogP contribution in [-0.4, -0.2) is 29.0 Å². The molecule has 2 aromatic carbocycles. The van der Waals surface area contributed by atoms with Crippen LogP contribution < -0.4 is 10.1 Å². The van der Waals surface area contributed by atoms with Crippen molar-refractivity contribution in [3.8, 4) is 5.75 Å². The SMILES string of the molecule is COc1ccc(CCCc2nnc(SCC(=O)Nc3ccc(Cl)cc3C)o2)cc1. The third-order valence-corrected chi connectivity index (χ3v) is 5.31. The summed E-state index contributed by atoms with van der Waals surface area (Å²) in [4.78, 5) is 12.1. The normalized spacial score (nSPS) is 10.7. The number of aryl methyl sites for hydroxylation is 3. The van der Waals surface area contributed by atoms with Crippen molar-refractivity contribution >= 4 is 35.0 Å². The van der Waals surface area contributed by atoms with Gasteiger partial charge in [0.05, 0.1) is 12.9 Å². The van der Waals surface area contributed by atoms with Crippen LogP contribution >= 0.6 is 23.4 Å². The Morgan fingerprint density at radius 1 is 1.17 bits per heavy atom. The van der Waals surface area contributed by atoms with E-state index in [0.29, 0.717) is 22.6 Å². The first-order valence-electron chi connectivity index (χ1n) is 9.17. The van der Waals surface area contributed by atoms with Gasteiger partial charge in [0.15, 0.2) is 0 Å². The summed E-state index contributed by atoms with van der Waals surface area (Å²) in [7, 11) is 1.66. The number of benzene rings is 2. The molecule has 1 amide bonds. The lowest BCUT2D eigenvalue weighted by Crippen LogP contribution is -2.14. The number of ether oxygens (including phenoxy) is 1. The van der Waals surface area contributed by atoms with Crippen molar-refractivity contribution in [2.45, 2.75) is 31.4 Å². The maximum atomic E-state index is 12.1. The van der Waals surface area contributed by atoms with Gasteiger partial charge in [-0.25, -0.2) is 0 Å². The molecule has 0 atom stereocenters. The highest BCUT2D eigenvalue weighted by Gasteiger charge is 2.11. The van der Waals surface area contributed by atoms with E-state index in [9.17, 15) is 4.79 Å². The van der Waals surface area contributed by atoms with Crippen molar-refractivity contribution in [1.29, 1.82) is 0 Å². The second-order valence-corrected chi connectivity index (χ2v) is 7.82. The Bertz CT molecular complexity index is 960. The van der Waals surface area contributed by atoms with Gasteiger partial charge in [-0.15, -0.1) is 10.2 Å². The van der Waals surface area contributed by atoms with Crippen LogP contribution in [0.5, 0.6) is 5.75 Å². The van der Waals surface area contributed by atoms with E-state index in [1.165, 1.54) is 17.3 Å². The van der Waals surface area contributed by atoms with E-state index in [-0.39, 0.29) is 11.7 Å². The number of aromatic nitrogens is 2. The second-order valence-electron chi connectivity index (χ2n) is 6.46. The predicted octanol–water partition coefficient (Wildman–Crippen LogP) is 4.95. The largest absolute Gasteiger partial charge is 0.497 e. The number of amides is 1. The molecule has 0 bridgehead atoms. The van der Waals surface area contributed by atoms with Crippen LogP contribution in [-0.2, 0) is 17.6 Å². The summed E-state index contributed by atoms with van der Waals surface area (Å²) in [6.45, 7) is 1.89. The molecule has 0 saturated heterocycles. The van der Waals surface area contributed by atoms with Gasteiger partial charge in [0.25, 0.3) is 5.22 Å². The van der Waals surface area contributed by atoms with Gasteiger partial charge in [-0.3, -0.25) is 4.79 Å². The van der Waals surface area contributed by atoms with Crippen molar-refractivity contribution in [3.05, 3.63) is 64.5 Å². The van der Waals surface area contributed by atoms with Crippen LogP contribution in [0.1, 0.15) is 23.4 Å². The van der Waals surface area contributed by atoms with E-state index in [0.717, 1.165) is 29.8 Å². The highest BCUT2D eigenvalue weighted by atomic mass is 35.5. The van der Waals surface area contributed by atoms with E-state index >= 15 is 0 Å². The van der Waals surface area contributed by atoms with Crippen LogP contribution in [0, 0.1) is 6.92 Å². The monoisotopic (exact) mass is 431 g/mol. The Kier molecular flexibility index (Phi) is 7.55. The molecule has 29 heavy (non-hydrogen) atoms. The van der Waals surface area contributed by atoms with Gasteiger partial charge >= 0.3 is 0 Å². The van der Waals surface area contributed by atoms with E-state index in [4.69, 9.17) is 20.8 Å². The number of carbonyl (C=O) groups excluding carboxylic acids is 1. The van der Waals surface area contributed by atoms with Gasteiger partial charge < -0.3 is 14.5 Å². The number of anilines is 1. The number of rotatable bonds is 9. The Labute approximate surface area is 179 Å². The number of thioether (sulfide) groups is 1. The third-order valence-electron chi connectivity index (χ3n) is 4.25. The summed E-state index contributed by atoms with van der Waals surface area (Å²) in [6, 6.07) is 13.3. The number of nitrogens with zero attached hydrogens (tertiary/aromatic N) is 2. The molecule has 1 aromatic heterocycles. The smallest absolute Gasteiger partial charge is 0.277 e. The standard InChI is InChI=1S/C21H22ClN3O3S/c1-14-12-16(22)8-11-18(14)23-19(26)13-29-21-25-24-20(28-21)5-3-4-15-6-9-17(27-2)10-7-15/h6-12H,3-5,13H2,1-2H3,(H,23,26). The lowest BCUT2D eigenvalue weighted by atomic mass is 10.1. The first kappa shape index (κ1) is 21.2. The van der Waals surface area contributed by atoms with Gasteiger partial charge in [-0.05, 0) is 61.2 Å². The molecule has 1 N–H and O–H groups in total. The molecule has 6 nitrogen and oxygen atoms in total. The highest BCUT2D eigenvalue weighted by molar-refractivity contribution is 7.99. The second kappa shape index (κ2) is 10.3. The molecule has 0 radical (unpaired) electrons. The molecule has 1 heterocycles. The van der Waals surface area contributed by atoms with Crippen LogP contribution in [0.25, 0.3) is 0 Å². The summed E-state index contributed by atoms with van der Waals surface area (Å²) in [6.07, 6.45) is 2.50. The molecule has 8 heteroatoms. The van der Waals surface area contributed by atoms with Crippen molar-refractivity contribution in [2.75, 3.05) is 18.2 Å². The summed E-state index contributed by atoms with van der Waals surface area (Å²) < 4.78 is 10.8. The van der Waals surface area contributed by atoms with Crippen molar-refractivity contribution in [3.63, 3.8) is 0 Å². The number of hydrogen-bond donors (Lipinski definition) is 1. The van der Waals surface area contributed by atoms with Crippen molar-refractivity contribution < 1.29 is 13.9 Å². The molecule has 0 spiro atoms. The van der Waals surface area contributed by atoms with Gasteiger partial charge in [-0.1, -0.05) is 35.5 Å². The summed E-state index contributed by atoms with van der Waals surface area (Å²) in [5, 5.41) is 12.0. The fourth-order valence-corrected chi connectivity index (χ4v) is 3.52. The first-order valence-corrected chi connectivity index (χ1v) is 10.5. The van der Waals surface area contributed by atoms with Crippen molar-refractivity contribution in [1.82, 2.24) is 10.2 Å². The maximum absolute atomic E-state index is 12.1. The Morgan fingerprint density at radius 3 is 2.69 bits per heavy atom. The number of halogens is 1. The highest BCUT2D eigenvalue weighted by Crippen LogP contribution is 2.21.